The minimum atomic E-state index is -1.08. The highest BCUT2D eigenvalue weighted by Crippen LogP contribution is 2.20. The zero-order chi connectivity index (χ0) is 12.8. The van der Waals surface area contributed by atoms with E-state index >= 15 is 0 Å². The molecule has 0 spiro atoms. The minimum Gasteiger partial charge on any atom is -0.496 e. The van der Waals surface area contributed by atoms with Crippen LogP contribution in [0.3, 0.4) is 0 Å². The maximum absolute atomic E-state index is 11.7. The number of aliphatic carboxylic acids is 1. The first-order valence-corrected chi connectivity index (χ1v) is 5.25. The van der Waals surface area contributed by atoms with Gasteiger partial charge >= 0.3 is 5.97 Å². The van der Waals surface area contributed by atoms with E-state index in [9.17, 15) is 9.59 Å². The summed E-state index contributed by atoms with van der Waals surface area (Å²) < 4.78 is 5.06. The van der Waals surface area contributed by atoms with Gasteiger partial charge in [-0.3, -0.25) is 9.59 Å². The van der Waals surface area contributed by atoms with Crippen LogP contribution in [0.25, 0.3) is 0 Å². The summed E-state index contributed by atoms with van der Waals surface area (Å²) in [6.45, 7) is 1.57. The molecular weight excluding hydrogens is 222 g/mol. The van der Waals surface area contributed by atoms with Crippen LogP contribution in [0, 0.1) is 0 Å². The molecule has 0 saturated heterocycles. The zero-order valence-electron chi connectivity index (χ0n) is 9.82. The maximum Gasteiger partial charge on any atom is 0.322 e. The number of aryl methyl sites for hydroxylation is 1. The third-order valence-electron chi connectivity index (χ3n) is 2.32. The lowest BCUT2D eigenvalue weighted by Gasteiger charge is -2.09. The van der Waals surface area contributed by atoms with E-state index in [2.05, 4.69) is 5.32 Å². The fourth-order valence-corrected chi connectivity index (χ4v) is 1.40. The van der Waals surface area contributed by atoms with Gasteiger partial charge in [0.1, 0.15) is 12.3 Å². The monoisotopic (exact) mass is 237 g/mol. The SMILES string of the molecule is CCc1ccc(OC)c(C(=O)NCC(=O)O)c1. The van der Waals surface area contributed by atoms with Crippen molar-refractivity contribution < 1.29 is 19.4 Å². The average molecular weight is 237 g/mol. The Labute approximate surface area is 99.4 Å². The van der Waals surface area contributed by atoms with E-state index in [4.69, 9.17) is 9.84 Å². The summed E-state index contributed by atoms with van der Waals surface area (Å²) in [7, 11) is 1.47. The molecule has 0 atom stereocenters. The number of carboxylic acids is 1. The van der Waals surface area contributed by atoms with Crippen molar-refractivity contribution in [1.29, 1.82) is 0 Å². The highest BCUT2D eigenvalue weighted by Gasteiger charge is 2.13. The first kappa shape index (κ1) is 13.0. The molecule has 1 amide bonds. The Bertz CT molecular complexity index is 429. The lowest BCUT2D eigenvalue weighted by molar-refractivity contribution is -0.135. The molecule has 0 aliphatic rings. The largest absolute Gasteiger partial charge is 0.496 e. The van der Waals surface area contributed by atoms with E-state index in [0.29, 0.717) is 11.3 Å². The normalized spacial score (nSPS) is 9.76. The van der Waals surface area contributed by atoms with Gasteiger partial charge in [0, 0.05) is 0 Å². The second kappa shape index (κ2) is 5.89. The van der Waals surface area contributed by atoms with Gasteiger partial charge in [-0.15, -0.1) is 0 Å². The highest BCUT2D eigenvalue weighted by atomic mass is 16.5. The minimum absolute atomic E-state index is 0.355. The fraction of sp³-hybridized carbons (Fsp3) is 0.333. The van der Waals surface area contributed by atoms with Crippen molar-refractivity contribution in [2.24, 2.45) is 0 Å². The molecule has 1 aromatic carbocycles. The van der Waals surface area contributed by atoms with E-state index in [1.54, 1.807) is 12.1 Å². The number of methoxy groups -OCH3 is 1. The maximum atomic E-state index is 11.7. The van der Waals surface area contributed by atoms with E-state index in [1.165, 1.54) is 7.11 Å². The number of carbonyl (C=O) groups excluding carboxylic acids is 1. The topological polar surface area (TPSA) is 75.6 Å². The third kappa shape index (κ3) is 3.48. The molecule has 0 saturated carbocycles. The quantitative estimate of drug-likeness (QED) is 0.803. The second-order valence-electron chi connectivity index (χ2n) is 3.46. The van der Waals surface area contributed by atoms with Gasteiger partial charge in [-0.2, -0.15) is 0 Å². The summed E-state index contributed by atoms with van der Waals surface area (Å²) in [5.74, 6) is -1.09. The summed E-state index contributed by atoms with van der Waals surface area (Å²) in [5.41, 5.74) is 1.35. The lowest BCUT2D eigenvalue weighted by atomic mass is 10.1. The number of nitrogens with one attached hydrogen (secondary N) is 1. The van der Waals surface area contributed by atoms with Crippen LogP contribution in [-0.4, -0.2) is 30.6 Å². The molecule has 0 radical (unpaired) electrons. The number of benzene rings is 1. The number of hydrogen-bond donors (Lipinski definition) is 2. The summed E-state index contributed by atoms with van der Waals surface area (Å²) >= 11 is 0. The first-order valence-electron chi connectivity index (χ1n) is 5.25. The summed E-state index contributed by atoms with van der Waals surface area (Å²) in [5, 5.41) is 10.8. The number of amides is 1. The molecule has 0 aliphatic carbocycles. The highest BCUT2D eigenvalue weighted by molar-refractivity contribution is 5.98. The number of hydrogen-bond acceptors (Lipinski definition) is 3. The Balaban J connectivity index is 2.93. The van der Waals surface area contributed by atoms with E-state index in [0.717, 1.165) is 12.0 Å². The van der Waals surface area contributed by atoms with Gasteiger partial charge in [-0.25, -0.2) is 0 Å². The van der Waals surface area contributed by atoms with Gasteiger partial charge in [0.15, 0.2) is 0 Å². The van der Waals surface area contributed by atoms with Gasteiger partial charge in [0.05, 0.1) is 12.7 Å². The molecule has 5 heteroatoms. The summed E-state index contributed by atoms with van der Waals surface area (Å²) in [4.78, 5) is 22.1. The van der Waals surface area contributed by atoms with Crippen LogP contribution in [0.5, 0.6) is 5.75 Å². The molecule has 0 unspecified atom stereocenters. The van der Waals surface area contributed by atoms with Crippen LogP contribution in [0.2, 0.25) is 0 Å². The van der Waals surface area contributed by atoms with Gasteiger partial charge < -0.3 is 15.2 Å². The van der Waals surface area contributed by atoms with Crippen molar-refractivity contribution >= 4 is 11.9 Å². The molecule has 0 aliphatic heterocycles. The molecule has 0 aromatic heterocycles. The fourth-order valence-electron chi connectivity index (χ4n) is 1.40. The van der Waals surface area contributed by atoms with Gasteiger partial charge in [-0.05, 0) is 24.1 Å². The Hall–Kier alpha value is -2.04. The second-order valence-corrected chi connectivity index (χ2v) is 3.46. The number of rotatable bonds is 5. The average Bonchev–Trinajstić information content (AvgIpc) is 2.34. The van der Waals surface area contributed by atoms with Crippen molar-refractivity contribution in [2.45, 2.75) is 13.3 Å². The molecule has 0 fully saturated rings. The third-order valence-corrected chi connectivity index (χ3v) is 2.32. The molecule has 1 rings (SSSR count). The Morgan fingerprint density at radius 2 is 2.12 bits per heavy atom. The van der Waals surface area contributed by atoms with Gasteiger partial charge in [0.25, 0.3) is 5.91 Å². The van der Waals surface area contributed by atoms with Crippen molar-refractivity contribution in [1.82, 2.24) is 5.32 Å². The molecule has 92 valence electrons. The molecular formula is C12H15NO4. The first-order chi connectivity index (χ1) is 8.08. The molecule has 0 heterocycles. The van der Waals surface area contributed by atoms with Crippen molar-refractivity contribution in [3.63, 3.8) is 0 Å². The molecule has 17 heavy (non-hydrogen) atoms. The van der Waals surface area contributed by atoms with Crippen LogP contribution in [0.1, 0.15) is 22.8 Å². The Morgan fingerprint density at radius 3 is 2.65 bits per heavy atom. The van der Waals surface area contributed by atoms with Crippen molar-refractivity contribution in [3.05, 3.63) is 29.3 Å². The van der Waals surface area contributed by atoms with Crippen molar-refractivity contribution in [3.8, 4) is 5.75 Å². The van der Waals surface area contributed by atoms with Gasteiger partial charge in [-0.1, -0.05) is 13.0 Å². The smallest absolute Gasteiger partial charge is 0.322 e. The Morgan fingerprint density at radius 1 is 1.41 bits per heavy atom. The predicted molar refractivity (Wildman–Crippen MR) is 62.3 cm³/mol. The van der Waals surface area contributed by atoms with Crippen LogP contribution >= 0.6 is 0 Å². The predicted octanol–water partition coefficient (Wildman–Crippen LogP) is 1.07. The van der Waals surface area contributed by atoms with E-state index < -0.39 is 18.4 Å². The van der Waals surface area contributed by atoms with E-state index in [1.807, 2.05) is 13.0 Å². The Kier molecular flexibility index (Phi) is 4.51. The van der Waals surface area contributed by atoms with Crippen LogP contribution in [0.15, 0.2) is 18.2 Å². The number of ether oxygens (including phenoxy) is 1. The molecule has 5 nitrogen and oxygen atoms in total. The molecule has 2 N–H and O–H groups in total. The van der Waals surface area contributed by atoms with Crippen LogP contribution < -0.4 is 10.1 Å². The lowest BCUT2D eigenvalue weighted by Crippen LogP contribution is -2.29. The van der Waals surface area contributed by atoms with Gasteiger partial charge in [0.2, 0.25) is 0 Å². The number of carbonyl (C=O) groups is 2. The van der Waals surface area contributed by atoms with E-state index in [-0.39, 0.29) is 0 Å². The van der Waals surface area contributed by atoms with Crippen LogP contribution in [0.4, 0.5) is 0 Å². The standard InChI is InChI=1S/C12H15NO4/c1-3-8-4-5-10(17-2)9(6-8)12(16)13-7-11(14)15/h4-6H,3,7H2,1-2H3,(H,13,16)(H,14,15). The summed E-state index contributed by atoms with van der Waals surface area (Å²) in [6.07, 6.45) is 0.795. The summed E-state index contributed by atoms with van der Waals surface area (Å²) in [6, 6.07) is 5.28. The van der Waals surface area contributed by atoms with Crippen molar-refractivity contribution in [2.75, 3.05) is 13.7 Å². The van der Waals surface area contributed by atoms with Crippen LogP contribution in [-0.2, 0) is 11.2 Å². The number of carboxylic acid groups (broad SMARTS) is 1. The molecule has 0 bridgehead atoms. The molecule has 1 aromatic rings. The zero-order valence-corrected chi connectivity index (χ0v) is 9.82.